The fourth-order valence-electron chi connectivity index (χ4n) is 2.71. The Morgan fingerprint density at radius 1 is 1.14 bits per heavy atom. The Morgan fingerprint density at radius 2 is 1.90 bits per heavy atom. The molecule has 0 spiro atoms. The molecule has 0 aliphatic heterocycles. The highest BCUT2D eigenvalue weighted by atomic mass is 16.5. The molecule has 0 amide bonds. The zero-order chi connectivity index (χ0) is 14.7. The van der Waals surface area contributed by atoms with Gasteiger partial charge in [-0.2, -0.15) is 0 Å². The molecule has 0 saturated heterocycles. The first-order valence-electron chi connectivity index (χ1n) is 7.30. The Morgan fingerprint density at radius 3 is 2.67 bits per heavy atom. The molecule has 0 fully saturated rings. The van der Waals surface area contributed by atoms with Crippen molar-refractivity contribution in [3.63, 3.8) is 0 Å². The second-order valence-corrected chi connectivity index (χ2v) is 5.52. The van der Waals surface area contributed by atoms with Gasteiger partial charge in [0.2, 0.25) is 0 Å². The van der Waals surface area contributed by atoms with E-state index in [-0.39, 0.29) is 5.97 Å². The fourth-order valence-corrected chi connectivity index (χ4v) is 2.71. The third-order valence-electron chi connectivity index (χ3n) is 4.00. The summed E-state index contributed by atoms with van der Waals surface area (Å²) in [7, 11) is 0. The summed E-state index contributed by atoms with van der Waals surface area (Å²) in [5.41, 5.74) is 10.2. The van der Waals surface area contributed by atoms with Crippen LogP contribution in [0.3, 0.4) is 0 Å². The number of anilines is 1. The van der Waals surface area contributed by atoms with Crippen LogP contribution in [0.4, 0.5) is 5.69 Å². The van der Waals surface area contributed by atoms with E-state index in [9.17, 15) is 4.79 Å². The van der Waals surface area contributed by atoms with Crippen molar-refractivity contribution in [1.82, 2.24) is 0 Å². The maximum atomic E-state index is 11.8. The molecule has 1 aliphatic rings. The van der Waals surface area contributed by atoms with Gasteiger partial charge in [-0.15, -0.1) is 0 Å². The topological polar surface area (TPSA) is 52.3 Å². The first-order chi connectivity index (χ1) is 10.2. The van der Waals surface area contributed by atoms with Gasteiger partial charge in [-0.05, 0) is 41.7 Å². The predicted octanol–water partition coefficient (Wildman–Crippen LogP) is 3.08. The quantitative estimate of drug-likeness (QED) is 0.677. The maximum absolute atomic E-state index is 11.8. The van der Waals surface area contributed by atoms with Gasteiger partial charge in [-0.1, -0.05) is 36.4 Å². The van der Waals surface area contributed by atoms with Crippen molar-refractivity contribution in [2.75, 3.05) is 12.3 Å². The molecule has 108 valence electrons. The van der Waals surface area contributed by atoms with Crippen LogP contribution in [-0.4, -0.2) is 12.6 Å². The fraction of sp³-hybridized carbons (Fsp3) is 0.278. The number of ether oxygens (including phenoxy) is 1. The van der Waals surface area contributed by atoms with Gasteiger partial charge in [0, 0.05) is 18.0 Å². The summed E-state index contributed by atoms with van der Waals surface area (Å²) in [6.45, 7) is 0.498. The van der Waals surface area contributed by atoms with Crippen LogP contribution in [0.25, 0.3) is 0 Å². The van der Waals surface area contributed by atoms with Crippen LogP contribution in [0, 0.1) is 0 Å². The van der Waals surface area contributed by atoms with Crippen molar-refractivity contribution in [2.45, 2.75) is 25.2 Å². The first-order valence-corrected chi connectivity index (χ1v) is 7.30. The molecule has 0 heterocycles. The number of esters is 1. The van der Waals surface area contributed by atoms with Crippen LogP contribution in [0.15, 0.2) is 48.5 Å². The third-order valence-corrected chi connectivity index (χ3v) is 4.00. The molecule has 0 aromatic heterocycles. The zero-order valence-corrected chi connectivity index (χ0v) is 11.9. The molecular weight excluding hydrogens is 262 g/mol. The molecule has 0 saturated carbocycles. The van der Waals surface area contributed by atoms with Crippen molar-refractivity contribution in [3.05, 3.63) is 65.2 Å². The third kappa shape index (κ3) is 3.24. The largest absolute Gasteiger partial charge is 0.465 e. The lowest BCUT2D eigenvalue weighted by Crippen LogP contribution is -2.23. The van der Waals surface area contributed by atoms with E-state index in [0.29, 0.717) is 25.4 Å². The number of hydrogen-bond acceptors (Lipinski definition) is 3. The standard InChI is InChI=1S/C18H19NO2/c19-16-8-5-13(6-9-16)7-10-18(20)21-12-15-11-14-3-1-2-4-17(14)15/h1-6,8-9,15H,7,10-12,19H2. The van der Waals surface area contributed by atoms with Gasteiger partial charge in [0.05, 0.1) is 6.61 Å². The Labute approximate surface area is 124 Å². The van der Waals surface area contributed by atoms with Crippen LogP contribution in [-0.2, 0) is 22.4 Å². The molecule has 3 rings (SSSR count). The van der Waals surface area contributed by atoms with Crippen molar-refractivity contribution < 1.29 is 9.53 Å². The SMILES string of the molecule is Nc1ccc(CCC(=O)OCC2Cc3ccccc32)cc1. The van der Waals surface area contributed by atoms with Crippen LogP contribution in [0.5, 0.6) is 0 Å². The number of carbonyl (C=O) groups excluding carboxylic acids is 1. The van der Waals surface area contributed by atoms with Crippen LogP contribution in [0.1, 0.15) is 29.0 Å². The Balaban J connectivity index is 1.42. The molecule has 3 nitrogen and oxygen atoms in total. The van der Waals surface area contributed by atoms with Crippen molar-refractivity contribution in [1.29, 1.82) is 0 Å². The van der Waals surface area contributed by atoms with Crippen LogP contribution < -0.4 is 5.73 Å². The number of carbonyl (C=O) groups is 1. The number of aryl methyl sites for hydroxylation is 1. The molecule has 1 unspecified atom stereocenters. The Bertz CT molecular complexity index is 634. The van der Waals surface area contributed by atoms with E-state index >= 15 is 0 Å². The van der Waals surface area contributed by atoms with Crippen LogP contribution in [0.2, 0.25) is 0 Å². The molecular formula is C18H19NO2. The number of benzene rings is 2. The van der Waals surface area contributed by atoms with Crippen molar-refractivity contribution in [3.8, 4) is 0 Å². The van der Waals surface area contributed by atoms with Gasteiger partial charge >= 0.3 is 5.97 Å². The van der Waals surface area contributed by atoms with Gasteiger partial charge in [-0.3, -0.25) is 4.79 Å². The van der Waals surface area contributed by atoms with Gasteiger partial charge < -0.3 is 10.5 Å². The summed E-state index contributed by atoms with van der Waals surface area (Å²) >= 11 is 0. The Hall–Kier alpha value is -2.29. The summed E-state index contributed by atoms with van der Waals surface area (Å²) in [6.07, 6.45) is 2.13. The van der Waals surface area contributed by atoms with E-state index in [1.807, 2.05) is 36.4 Å². The van der Waals surface area contributed by atoms with Gasteiger partial charge in [0.15, 0.2) is 0 Å². The van der Waals surface area contributed by atoms with E-state index in [0.717, 1.165) is 17.7 Å². The molecule has 0 bridgehead atoms. The summed E-state index contributed by atoms with van der Waals surface area (Å²) < 4.78 is 5.38. The average molecular weight is 281 g/mol. The molecule has 21 heavy (non-hydrogen) atoms. The van der Waals surface area contributed by atoms with Crippen LogP contribution >= 0.6 is 0 Å². The highest BCUT2D eigenvalue weighted by molar-refractivity contribution is 5.69. The summed E-state index contributed by atoms with van der Waals surface area (Å²) in [5, 5.41) is 0. The minimum absolute atomic E-state index is 0.129. The highest BCUT2D eigenvalue weighted by Gasteiger charge is 2.26. The highest BCUT2D eigenvalue weighted by Crippen LogP contribution is 2.34. The number of hydrogen-bond donors (Lipinski definition) is 1. The lowest BCUT2D eigenvalue weighted by Gasteiger charge is -2.29. The van der Waals surface area contributed by atoms with E-state index in [1.165, 1.54) is 11.1 Å². The smallest absolute Gasteiger partial charge is 0.306 e. The molecule has 2 aromatic carbocycles. The lowest BCUT2D eigenvalue weighted by atomic mass is 9.78. The number of nitrogens with two attached hydrogens (primary N) is 1. The summed E-state index contributed by atoms with van der Waals surface area (Å²) in [6, 6.07) is 15.9. The second kappa shape index (κ2) is 6.00. The zero-order valence-electron chi connectivity index (χ0n) is 11.9. The Kier molecular flexibility index (Phi) is 3.91. The molecule has 1 atom stereocenters. The van der Waals surface area contributed by atoms with E-state index < -0.39 is 0 Å². The molecule has 2 N–H and O–H groups in total. The molecule has 3 heteroatoms. The predicted molar refractivity (Wildman–Crippen MR) is 83.0 cm³/mol. The van der Waals surface area contributed by atoms with Gasteiger partial charge in [-0.25, -0.2) is 0 Å². The van der Waals surface area contributed by atoms with Crippen molar-refractivity contribution in [2.24, 2.45) is 0 Å². The summed E-state index contributed by atoms with van der Waals surface area (Å²) in [5.74, 6) is 0.248. The number of rotatable bonds is 5. The minimum Gasteiger partial charge on any atom is -0.465 e. The van der Waals surface area contributed by atoms with E-state index in [1.54, 1.807) is 0 Å². The molecule has 1 aliphatic carbocycles. The second-order valence-electron chi connectivity index (χ2n) is 5.52. The molecule has 0 radical (unpaired) electrons. The number of fused-ring (bicyclic) bond motifs is 1. The van der Waals surface area contributed by atoms with E-state index in [4.69, 9.17) is 10.5 Å². The average Bonchev–Trinajstić information content (AvgIpc) is 2.47. The minimum atomic E-state index is -0.129. The van der Waals surface area contributed by atoms with Gasteiger partial charge in [0.25, 0.3) is 0 Å². The number of nitrogen functional groups attached to an aromatic ring is 1. The lowest BCUT2D eigenvalue weighted by molar-refractivity contribution is -0.144. The summed E-state index contributed by atoms with van der Waals surface area (Å²) in [4.78, 5) is 11.8. The first kappa shape index (κ1) is 13.7. The monoisotopic (exact) mass is 281 g/mol. The normalized spacial score (nSPS) is 15.9. The molecule has 2 aromatic rings. The van der Waals surface area contributed by atoms with E-state index in [2.05, 4.69) is 12.1 Å². The van der Waals surface area contributed by atoms with Crippen molar-refractivity contribution >= 4 is 11.7 Å². The maximum Gasteiger partial charge on any atom is 0.306 e. The van der Waals surface area contributed by atoms with Gasteiger partial charge in [0.1, 0.15) is 0 Å².